The number of hydrogen-bond donors (Lipinski definition) is 2. The SMILES string of the molecule is CCCCCNc1c(N)c(C)nn1C. The molecule has 1 aromatic rings. The average Bonchev–Trinajstić information content (AvgIpc) is 2.38. The molecule has 0 aromatic carbocycles. The van der Waals surface area contributed by atoms with Gasteiger partial charge in [-0.3, -0.25) is 4.68 Å². The highest BCUT2D eigenvalue weighted by Crippen LogP contribution is 2.20. The van der Waals surface area contributed by atoms with E-state index >= 15 is 0 Å². The number of hydrogen-bond acceptors (Lipinski definition) is 3. The van der Waals surface area contributed by atoms with Crippen LogP contribution in [0, 0.1) is 6.92 Å². The van der Waals surface area contributed by atoms with Gasteiger partial charge in [0.1, 0.15) is 5.82 Å². The molecule has 1 rings (SSSR count). The molecule has 0 atom stereocenters. The summed E-state index contributed by atoms with van der Waals surface area (Å²) in [5.74, 6) is 0.943. The Hall–Kier alpha value is -1.19. The average molecular weight is 196 g/mol. The van der Waals surface area contributed by atoms with Gasteiger partial charge in [0, 0.05) is 13.6 Å². The molecule has 0 fully saturated rings. The Morgan fingerprint density at radius 3 is 2.64 bits per heavy atom. The zero-order chi connectivity index (χ0) is 10.6. The summed E-state index contributed by atoms with van der Waals surface area (Å²) in [6.45, 7) is 5.09. The van der Waals surface area contributed by atoms with Gasteiger partial charge in [0.05, 0.1) is 11.4 Å². The van der Waals surface area contributed by atoms with Crippen LogP contribution in [0.1, 0.15) is 31.9 Å². The summed E-state index contributed by atoms with van der Waals surface area (Å²) in [6, 6.07) is 0. The second-order valence-electron chi connectivity index (χ2n) is 3.61. The monoisotopic (exact) mass is 196 g/mol. The Kier molecular flexibility index (Phi) is 3.80. The van der Waals surface area contributed by atoms with Crippen molar-refractivity contribution in [2.75, 3.05) is 17.6 Å². The third-order valence-electron chi connectivity index (χ3n) is 2.34. The van der Waals surface area contributed by atoms with Crippen molar-refractivity contribution in [1.29, 1.82) is 0 Å². The number of aromatic nitrogens is 2. The quantitative estimate of drug-likeness (QED) is 0.707. The number of anilines is 2. The van der Waals surface area contributed by atoms with Crippen molar-refractivity contribution in [2.24, 2.45) is 7.05 Å². The lowest BCUT2D eigenvalue weighted by Gasteiger charge is -2.06. The highest BCUT2D eigenvalue weighted by Gasteiger charge is 2.08. The van der Waals surface area contributed by atoms with Gasteiger partial charge < -0.3 is 11.1 Å². The molecule has 0 amide bonds. The van der Waals surface area contributed by atoms with E-state index in [1.807, 2.05) is 14.0 Å². The standard InChI is InChI=1S/C10H20N4/c1-4-5-6-7-12-10-9(11)8(2)13-14(10)3/h12H,4-7,11H2,1-3H3. The molecular formula is C10H20N4. The van der Waals surface area contributed by atoms with Gasteiger partial charge in [-0.15, -0.1) is 0 Å². The number of unbranched alkanes of at least 4 members (excludes halogenated alkanes) is 2. The number of rotatable bonds is 5. The molecule has 4 heteroatoms. The lowest BCUT2D eigenvalue weighted by molar-refractivity contribution is 0.723. The van der Waals surface area contributed by atoms with Crippen molar-refractivity contribution in [2.45, 2.75) is 33.1 Å². The van der Waals surface area contributed by atoms with E-state index in [0.29, 0.717) is 0 Å². The second-order valence-corrected chi connectivity index (χ2v) is 3.61. The zero-order valence-corrected chi connectivity index (χ0v) is 9.30. The summed E-state index contributed by atoms with van der Waals surface area (Å²) in [5, 5.41) is 7.55. The molecule has 0 aliphatic rings. The lowest BCUT2D eigenvalue weighted by atomic mass is 10.2. The number of aryl methyl sites for hydroxylation is 2. The summed E-state index contributed by atoms with van der Waals surface area (Å²) in [5.41, 5.74) is 7.53. The van der Waals surface area contributed by atoms with Gasteiger partial charge in [-0.25, -0.2) is 0 Å². The summed E-state index contributed by atoms with van der Waals surface area (Å²) in [7, 11) is 1.91. The van der Waals surface area contributed by atoms with E-state index in [2.05, 4.69) is 17.3 Å². The fraction of sp³-hybridized carbons (Fsp3) is 0.700. The van der Waals surface area contributed by atoms with Crippen molar-refractivity contribution in [3.63, 3.8) is 0 Å². The van der Waals surface area contributed by atoms with Gasteiger partial charge in [0.15, 0.2) is 0 Å². The maximum Gasteiger partial charge on any atom is 0.147 e. The Morgan fingerprint density at radius 2 is 2.14 bits per heavy atom. The van der Waals surface area contributed by atoms with E-state index in [0.717, 1.165) is 23.7 Å². The minimum atomic E-state index is 0.768. The number of nitrogens with two attached hydrogens (primary N) is 1. The Labute approximate surface area is 85.5 Å². The smallest absolute Gasteiger partial charge is 0.147 e. The van der Waals surface area contributed by atoms with E-state index in [-0.39, 0.29) is 0 Å². The van der Waals surface area contributed by atoms with Crippen LogP contribution in [0.15, 0.2) is 0 Å². The topological polar surface area (TPSA) is 55.9 Å². The Bertz CT molecular complexity index is 291. The molecule has 1 aromatic heterocycles. The Balaban J connectivity index is 2.49. The van der Waals surface area contributed by atoms with Crippen LogP contribution in [0.3, 0.4) is 0 Å². The van der Waals surface area contributed by atoms with Crippen molar-refractivity contribution < 1.29 is 0 Å². The van der Waals surface area contributed by atoms with Crippen LogP contribution in [0.5, 0.6) is 0 Å². The first-order chi connectivity index (χ1) is 6.66. The van der Waals surface area contributed by atoms with Gasteiger partial charge >= 0.3 is 0 Å². The van der Waals surface area contributed by atoms with Crippen LogP contribution < -0.4 is 11.1 Å². The fourth-order valence-corrected chi connectivity index (χ4v) is 1.47. The number of nitrogen functional groups attached to an aromatic ring is 1. The fourth-order valence-electron chi connectivity index (χ4n) is 1.47. The lowest BCUT2D eigenvalue weighted by Crippen LogP contribution is -2.07. The zero-order valence-electron chi connectivity index (χ0n) is 9.30. The summed E-state index contributed by atoms with van der Waals surface area (Å²) in [4.78, 5) is 0. The maximum absolute atomic E-state index is 5.87. The van der Waals surface area contributed by atoms with Crippen LogP contribution in [0.25, 0.3) is 0 Å². The van der Waals surface area contributed by atoms with Crippen molar-refractivity contribution in [3.8, 4) is 0 Å². The van der Waals surface area contributed by atoms with Crippen LogP contribution >= 0.6 is 0 Å². The van der Waals surface area contributed by atoms with E-state index in [1.54, 1.807) is 4.68 Å². The summed E-state index contributed by atoms with van der Waals surface area (Å²) >= 11 is 0. The normalized spacial score (nSPS) is 10.5. The Morgan fingerprint density at radius 1 is 1.43 bits per heavy atom. The number of nitrogens with zero attached hydrogens (tertiary/aromatic N) is 2. The minimum Gasteiger partial charge on any atom is -0.394 e. The van der Waals surface area contributed by atoms with E-state index in [4.69, 9.17) is 5.73 Å². The van der Waals surface area contributed by atoms with E-state index in [9.17, 15) is 0 Å². The maximum atomic E-state index is 5.87. The van der Waals surface area contributed by atoms with E-state index in [1.165, 1.54) is 19.3 Å². The first-order valence-electron chi connectivity index (χ1n) is 5.19. The van der Waals surface area contributed by atoms with E-state index < -0.39 is 0 Å². The van der Waals surface area contributed by atoms with Gasteiger partial charge in [-0.1, -0.05) is 19.8 Å². The minimum absolute atomic E-state index is 0.768. The van der Waals surface area contributed by atoms with Crippen molar-refractivity contribution in [3.05, 3.63) is 5.69 Å². The van der Waals surface area contributed by atoms with Gasteiger partial charge in [0.25, 0.3) is 0 Å². The molecule has 0 unspecified atom stereocenters. The predicted molar refractivity (Wildman–Crippen MR) is 60.4 cm³/mol. The molecule has 0 aliphatic heterocycles. The van der Waals surface area contributed by atoms with Crippen LogP contribution in [-0.2, 0) is 7.05 Å². The molecule has 0 spiro atoms. The largest absolute Gasteiger partial charge is 0.394 e. The third-order valence-corrected chi connectivity index (χ3v) is 2.34. The predicted octanol–water partition coefficient (Wildman–Crippen LogP) is 1.91. The molecule has 0 aliphatic carbocycles. The highest BCUT2D eigenvalue weighted by atomic mass is 15.3. The van der Waals surface area contributed by atoms with Crippen molar-refractivity contribution in [1.82, 2.24) is 9.78 Å². The first-order valence-corrected chi connectivity index (χ1v) is 5.19. The molecule has 14 heavy (non-hydrogen) atoms. The van der Waals surface area contributed by atoms with Crippen LogP contribution in [0.4, 0.5) is 11.5 Å². The first kappa shape index (κ1) is 10.9. The van der Waals surface area contributed by atoms with Crippen LogP contribution in [0.2, 0.25) is 0 Å². The summed E-state index contributed by atoms with van der Waals surface area (Å²) in [6.07, 6.45) is 3.67. The molecule has 80 valence electrons. The van der Waals surface area contributed by atoms with Gasteiger partial charge in [-0.05, 0) is 13.3 Å². The molecule has 4 nitrogen and oxygen atoms in total. The second kappa shape index (κ2) is 4.88. The molecule has 0 bridgehead atoms. The molecule has 0 saturated heterocycles. The van der Waals surface area contributed by atoms with Crippen molar-refractivity contribution >= 4 is 11.5 Å². The molecule has 3 N–H and O–H groups in total. The molecular weight excluding hydrogens is 176 g/mol. The van der Waals surface area contributed by atoms with Gasteiger partial charge in [0.2, 0.25) is 0 Å². The molecule has 1 heterocycles. The highest BCUT2D eigenvalue weighted by molar-refractivity contribution is 5.64. The summed E-state index contributed by atoms with van der Waals surface area (Å²) < 4.78 is 1.80. The molecule has 0 radical (unpaired) electrons. The van der Waals surface area contributed by atoms with Gasteiger partial charge in [-0.2, -0.15) is 5.10 Å². The van der Waals surface area contributed by atoms with Crippen LogP contribution in [-0.4, -0.2) is 16.3 Å². The molecule has 0 saturated carbocycles. The number of nitrogens with one attached hydrogen (secondary N) is 1. The third kappa shape index (κ3) is 2.40.